The van der Waals surface area contributed by atoms with Gasteiger partial charge in [0, 0.05) is 6.61 Å². The zero-order valence-electron chi connectivity index (χ0n) is 11.8. The van der Waals surface area contributed by atoms with Crippen LogP contribution in [0.2, 0.25) is 0 Å². The molecule has 0 saturated carbocycles. The van der Waals surface area contributed by atoms with Crippen LogP contribution in [0.5, 0.6) is 5.75 Å². The van der Waals surface area contributed by atoms with Gasteiger partial charge in [-0.05, 0) is 25.5 Å². The van der Waals surface area contributed by atoms with Crippen LogP contribution >= 0.6 is 0 Å². The van der Waals surface area contributed by atoms with E-state index in [1.807, 2.05) is 6.92 Å². The van der Waals surface area contributed by atoms with Gasteiger partial charge in [0.2, 0.25) is 0 Å². The monoisotopic (exact) mass is 293 g/mol. The lowest BCUT2D eigenvalue weighted by Crippen LogP contribution is -2.48. The van der Waals surface area contributed by atoms with Crippen LogP contribution in [0.1, 0.15) is 18.9 Å². The van der Waals surface area contributed by atoms with Crippen LogP contribution in [-0.2, 0) is 9.53 Å². The Morgan fingerprint density at radius 2 is 2.33 bits per heavy atom. The number of para-hydroxylation sites is 1. The van der Waals surface area contributed by atoms with E-state index in [0.29, 0.717) is 24.5 Å². The number of amidine groups is 1. The number of carbonyl (C=O) groups is 1. The Morgan fingerprint density at radius 3 is 3.00 bits per heavy atom. The quantitative estimate of drug-likeness (QED) is 0.316. The fourth-order valence-electron chi connectivity index (χ4n) is 2.14. The molecule has 4 N–H and O–H groups in total. The van der Waals surface area contributed by atoms with Crippen LogP contribution in [0.25, 0.3) is 0 Å². The molecule has 1 fully saturated rings. The molecule has 0 bridgehead atoms. The van der Waals surface area contributed by atoms with Crippen molar-refractivity contribution < 1.29 is 19.5 Å². The highest BCUT2D eigenvalue weighted by molar-refractivity contribution is 5.99. The first kappa shape index (κ1) is 15.1. The zero-order chi connectivity index (χ0) is 15.3. The number of rotatable bonds is 5. The number of ether oxygens (including phenoxy) is 2. The number of amides is 1. The first-order chi connectivity index (χ1) is 10.0. The van der Waals surface area contributed by atoms with Gasteiger partial charge in [0.25, 0.3) is 5.91 Å². The third-order valence-electron chi connectivity index (χ3n) is 3.29. The van der Waals surface area contributed by atoms with Gasteiger partial charge in [-0.15, -0.1) is 0 Å². The van der Waals surface area contributed by atoms with Gasteiger partial charge in [-0.2, -0.15) is 0 Å². The van der Waals surface area contributed by atoms with Crippen molar-refractivity contribution in [2.75, 3.05) is 19.8 Å². The molecule has 0 radical (unpaired) electrons. The molecule has 1 aliphatic heterocycles. The van der Waals surface area contributed by atoms with Crippen LogP contribution in [0.4, 0.5) is 0 Å². The van der Waals surface area contributed by atoms with Crippen molar-refractivity contribution in [1.82, 2.24) is 5.32 Å². The molecule has 1 unspecified atom stereocenters. The normalized spacial score (nSPS) is 22.0. The number of carbonyl (C=O) groups excluding carboxylic acids is 1. The Balaban J connectivity index is 1.95. The summed E-state index contributed by atoms with van der Waals surface area (Å²) in [5, 5.41) is 14.6. The molecule has 1 saturated heterocycles. The highest BCUT2D eigenvalue weighted by Crippen LogP contribution is 2.19. The maximum Gasteiger partial charge on any atom is 0.258 e. The summed E-state index contributed by atoms with van der Waals surface area (Å²) >= 11 is 0. The molecule has 0 spiro atoms. The summed E-state index contributed by atoms with van der Waals surface area (Å²) in [5.41, 5.74) is 5.65. The van der Waals surface area contributed by atoms with E-state index in [9.17, 15) is 4.79 Å². The molecule has 21 heavy (non-hydrogen) atoms. The molecule has 1 aromatic carbocycles. The third-order valence-corrected chi connectivity index (χ3v) is 3.29. The fraction of sp³-hybridized carbons (Fsp3) is 0.429. The summed E-state index contributed by atoms with van der Waals surface area (Å²) in [6, 6.07) is 6.78. The van der Waals surface area contributed by atoms with Gasteiger partial charge in [0.05, 0.1) is 17.7 Å². The van der Waals surface area contributed by atoms with Crippen molar-refractivity contribution >= 4 is 11.7 Å². The van der Waals surface area contributed by atoms with E-state index in [0.717, 1.165) is 6.42 Å². The Labute approximate surface area is 122 Å². The summed E-state index contributed by atoms with van der Waals surface area (Å²) in [5.74, 6) is 0.0789. The molecule has 7 nitrogen and oxygen atoms in total. The second-order valence-corrected chi connectivity index (χ2v) is 5.18. The summed E-state index contributed by atoms with van der Waals surface area (Å²) in [6.45, 7) is 2.93. The molecule has 1 aliphatic rings. The van der Waals surface area contributed by atoms with Gasteiger partial charge in [-0.1, -0.05) is 17.3 Å². The van der Waals surface area contributed by atoms with Crippen molar-refractivity contribution in [3.63, 3.8) is 0 Å². The summed E-state index contributed by atoms with van der Waals surface area (Å²) in [7, 11) is 0. The molecular formula is C14H19N3O4. The lowest BCUT2D eigenvalue weighted by atomic mass is 10.0. The minimum absolute atomic E-state index is 0.0674. The van der Waals surface area contributed by atoms with E-state index in [1.54, 1.807) is 24.3 Å². The van der Waals surface area contributed by atoms with Gasteiger partial charge in [0.1, 0.15) is 5.75 Å². The van der Waals surface area contributed by atoms with Crippen molar-refractivity contribution in [2.24, 2.45) is 10.9 Å². The summed E-state index contributed by atoms with van der Waals surface area (Å²) in [6.07, 6.45) is 0.777. The molecule has 1 atom stereocenters. The largest absolute Gasteiger partial charge is 0.483 e. The predicted octanol–water partition coefficient (Wildman–Crippen LogP) is 0.455. The Hall–Kier alpha value is -2.28. The van der Waals surface area contributed by atoms with Crippen molar-refractivity contribution in [1.29, 1.82) is 0 Å². The van der Waals surface area contributed by atoms with E-state index < -0.39 is 0 Å². The van der Waals surface area contributed by atoms with E-state index in [2.05, 4.69) is 10.5 Å². The molecule has 114 valence electrons. The van der Waals surface area contributed by atoms with Crippen LogP contribution in [-0.4, -0.2) is 42.3 Å². The van der Waals surface area contributed by atoms with Gasteiger partial charge in [0.15, 0.2) is 12.4 Å². The predicted molar refractivity (Wildman–Crippen MR) is 76.4 cm³/mol. The Morgan fingerprint density at radius 1 is 1.57 bits per heavy atom. The number of hydrogen-bond acceptors (Lipinski definition) is 5. The smallest absolute Gasteiger partial charge is 0.258 e. The van der Waals surface area contributed by atoms with E-state index in [1.165, 1.54) is 0 Å². The number of nitrogens with one attached hydrogen (secondary N) is 1. The molecule has 1 amide bonds. The van der Waals surface area contributed by atoms with Gasteiger partial charge < -0.3 is 25.7 Å². The Bertz CT molecular complexity index is 539. The standard InChI is InChI=1S/C14H19N3O4/c1-14(6-7-20-9-14)16-12(18)8-21-11-5-3-2-4-10(11)13(15)17-19/h2-5,19H,6-9H2,1H3,(H2,15,17)(H,16,18). The average Bonchev–Trinajstić information content (AvgIpc) is 2.90. The second kappa shape index (κ2) is 6.45. The fourth-order valence-corrected chi connectivity index (χ4v) is 2.14. The van der Waals surface area contributed by atoms with Crippen molar-refractivity contribution in [2.45, 2.75) is 18.9 Å². The van der Waals surface area contributed by atoms with E-state index in [-0.39, 0.29) is 23.9 Å². The lowest BCUT2D eigenvalue weighted by Gasteiger charge is -2.23. The highest BCUT2D eigenvalue weighted by Gasteiger charge is 2.31. The number of hydrogen-bond donors (Lipinski definition) is 3. The van der Waals surface area contributed by atoms with Gasteiger partial charge >= 0.3 is 0 Å². The maximum absolute atomic E-state index is 11.9. The number of nitrogens with zero attached hydrogens (tertiary/aromatic N) is 1. The van der Waals surface area contributed by atoms with Crippen LogP contribution in [0.3, 0.4) is 0 Å². The summed E-state index contributed by atoms with van der Waals surface area (Å²) in [4.78, 5) is 11.9. The van der Waals surface area contributed by atoms with E-state index >= 15 is 0 Å². The Kier molecular flexibility index (Phi) is 4.64. The maximum atomic E-state index is 11.9. The zero-order valence-corrected chi connectivity index (χ0v) is 11.8. The first-order valence-electron chi connectivity index (χ1n) is 6.62. The van der Waals surface area contributed by atoms with E-state index in [4.69, 9.17) is 20.4 Å². The van der Waals surface area contributed by atoms with Crippen LogP contribution < -0.4 is 15.8 Å². The number of oxime groups is 1. The van der Waals surface area contributed by atoms with Crippen molar-refractivity contribution in [3.8, 4) is 5.75 Å². The molecule has 2 rings (SSSR count). The number of nitrogens with two attached hydrogens (primary N) is 1. The summed E-state index contributed by atoms with van der Waals surface area (Å²) < 4.78 is 10.7. The third kappa shape index (κ3) is 3.85. The van der Waals surface area contributed by atoms with Crippen molar-refractivity contribution in [3.05, 3.63) is 29.8 Å². The SMILES string of the molecule is CC1(NC(=O)COc2ccccc2/C(N)=N/O)CCOC1. The average molecular weight is 293 g/mol. The lowest BCUT2D eigenvalue weighted by molar-refractivity contribution is -0.124. The molecular weight excluding hydrogens is 274 g/mol. The molecule has 0 aromatic heterocycles. The minimum atomic E-state index is -0.342. The molecule has 1 aromatic rings. The molecule has 0 aliphatic carbocycles. The van der Waals surface area contributed by atoms with Crippen LogP contribution in [0.15, 0.2) is 29.4 Å². The highest BCUT2D eigenvalue weighted by atomic mass is 16.5. The van der Waals surface area contributed by atoms with Gasteiger partial charge in [-0.25, -0.2) is 0 Å². The molecule has 1 heterocycles. The number of benzene rings is 1. The topological polar surface area (TPSA) is 106 Å². The second-order valence-electron chi connectivity index (χ2n) is 5.18. The first-order valence-corrected chi connectivity index (χ1v) is 6.62. The molecule has 7 heteroatoms. The minimum Gasteiger partial charge on any atom is -0.483 e. The van der Waals surface area contributed by atoms with Crippen LogP contribution in [0, 0.1) is 0 Å². The van der Waals surface area contributed by atoms with Gasteiger partial charge in [-0.3, -0.25) is 4.79 Å².